The lowest BCUT2D eigenvalue weighted by Crippen LogP contribution is -2.32. The van der Waals surface area contributed by atoms with Crippen LogP contribution in [-0.4, -0.2) is 29.9 Å². The smallest absolute Gasteiger partial charge is 0.224 e. The molecular formula is C10H20N2O. The van der Waals surface area contributed by atoms with Crippen LogP contribution >= 0.6 is 0 Å². The summed E-state index contributed by atoms with van der Waals surface area (Å²) in [6.45, 7) is 6.01. The van der Waals surface area contributed by atoms with Gasteiger partial charge >= 0.3 is 0 Å². The van der Waals surface area contributed by atoms with Crippen molar-refractivity contribution in [2.24, 2.45) is 11.7 Å². The van der Waals surface area contributed by atoms with Crippen LogP contribution in [0.1, 0.15) is 33.1 Å². The van der Waals surface area contributed by atoms with Crippen LogP contribution in [0, 0.1) is 5.92 Å². The summed E-state index contributed by atoms with van der Waals surface area (Å²) < 4.78 is 0. The van der Waals surface area contributed by atoms with Crippen LogP contribution in [-0.2, 0) is 4.79 Å². The number of hydrogen-bond donors (Lipinski definition) is 1. The topological polar surface area (TPSA) is 46.3 Å². The van der Waals surface area contributed by atoms with Gasteiger partial charge in [0.05, 0.1) is 0 Å². The zero-order valence-electron chi connectivity index (χ0n) is 8.62. The minimum absolute atomic E-state index is 0.0712. The van der Waals surface area contributed by atoms with E-state index < -0.39 is 0 Å². The number of carbonyl (C=O) groups excluding carboxylic acids is 1. The highest BCUT2D eigenvalue weighted by molar-refractivity contribution is 5.79. The van der Waals surface area contributed by atoms with E-state index in [-0.39, 0.29) is 11.9 Å². The lowest BCUT2D eigenvalue weighted by molar-refractivity contribution is -0.128. The first-order valence-corrected chi connectivity index (χ1v) is 5.20. The van der Waals surface area contributed by atoms with Gasteiger partial charge in [-0.25, -0.2) is 0 Å². The van der Waals surface area contributed by atoms with Crippen LogP contribution in [0.25, 0.3) is 0 Å². The minimum Gasteiger partial charge on any atom is -0.341 e. The van der Waals surface area contributed by atoms with Crippen LogP contribution in [0.15, 0.2) is 0 Å². The second kappa shape index (κ2) is 4.61. The molecule has 1 unspecified atom stereocenters. The van der Waals surface area contributed by atoms with Gasteiger partial charge in [0.2, 0.25) is 5.91 Å². The predicted octanol–water partition coefficient (Wildman–Crippen LogP) is 0.982. The fourth-order valence-corrected chi connectivity index (χ4v) is 1.84. The molecule has 0 radical (unpaired) electrons. The summed E-state index contributed by atoms with van der Waals surface area (Å²) in [5.74, 6) is 0.883. The summed E-state index contributed by atoms with van der Waals surface area (Å²) in [5.41, 5.74) is 5.71. The van der Waals surface area contributed by atoms with Gasteiger partial charge < -0.3 is 10.6 Å². The van der Waals surface area contributed by atoms with E-state index in [0.717, 1.165) is 25.9 Å². The molecule has 13 heavy (non-hydrogen) atoms. The first-order chi connectivity index (χ1) is 6.17. The minimum atomic E-state index is 0.0712. The molecule has 1 atom stereocenters. The second-order valence-corrected chi connectivity index (χ2v) is 3.95. The van der Waals surface area contributed by atoms with Crippen molar-refractivity contribution in [2.45, 2.75) is 39.2 Å². The molecule has 1 heterocycles. The molecular weight excluding hydrogens is 164 g/mol. The van der Waals surface area contributed by atoms with Crippen LogP contribution < -0.4 is 5.73 Å². The van der Waals surface area contributed by atoms with E-state index in [2.05, 4.69) is 13.8 Å². The molecule has 2 N–H and O–H groups in total. The van der Waals surface area contributed by atoms with E-state index in [4.69, 9.17) is 5.73 Å². The molecule has 0 bridgehead atoms. The molecule has 1 aliphatic rings. The summed E-state index contributed by atoms with van der Waals surface area (Å²) in [6.07, 6.45) is 2.84. The molecule has 0 aromatic heterocycles. The highest BCUT2D eigenvalue weighted by atomic mass is 16.2. The third-order valence-corrected chi connectivity index (χ3v) is 2.88. The van der Waals surface area contributed by atoms with E-state index in [0.29, 0.717) is 12.3 Å². The number of likely N-dealkylation sites (tertiary alicyclic amines) is 1. The maximum atomic E-state index is 11.4. The summed E-state index contributed by atoms with van der Waals surface area (Å²) in [7, 11) is 0. The Morgan fingerprint density at radius 1 is 1.54 bits per heavy atom. The fraction of sp³-hybridized carbons (Fsp3) is 0.900. The Labute approximate surface area is 80.3 Å². The zero-order chi connectivity index (χ0) is 9.84. The summed E-state index contributed by atoms with van der Waals surface area (Å²) in [5, 5.41) is 0. The van der Waals surface area contributed by atoms with Crippen molar-refractivity contribution in [1.29, 1.82) is 0 Å². The Balaban J connectivity index is 2.40. The van der Waals surface area contributed by atoms with Crippen LogP contribution in [0.2, 0.25) is 0 Å². The maximum absolute atomic E-state index is 11.4. The van der Waals surface area contributed by atoms with Crippen molar-refractivity contribution in [3.63, 3.8) is 0 Å². The molecule has 1 saturated heterocycles. The van der Waals surface area contributed by atoms with Gasteiger partial charge in [0.1, 0.15) is 0 Å². The first kappa shape index (κ1) is 10.5. The molecule has 0 saturated carbocycles. The van der Waals surface area contributed by atoms with Gasteiger partial charge in [-0.05, 0) is 5.92 Å². The van der Waals surface area contributed by atoms with Crippen molar-refractivity contribution in [3.8, 4) is 0 Å². The highest BCUT2D eigenvalue weighted by Crippen LogP contribution is 2.15. The molecule has 0 spiro atoms. The average Bonchev–Trinajstić information content (AvgIpc) is 2.41. The van der Waals surface area contributed by atoms with E-state index in [1.807, 2.05) is 4.90 Å². The third kappa shape index (κ3) is 2.69. The van der Waals surface area contributed by atoms with E-state index >= 15 is 0 Å². The largest absolute Gasteiger partial charge is 0.341 e. The zero-order valence-corrected chi connectivity index (χ0v) is 8.62. The lowest BCUT2D eigenvalue weighted by atomic mass is 10.0. The van der Waals surface area contributed by atoms with Gasteiger partial charge in [-0.15, -0.1) is 0 Å². The number of rotatable bonds is 4. The molecule has 0 aromatic rings. The van der Waals surface area contributed by atoms with Crippen molar-refractivity contribution in [2.75, 3.05) is 13.1 Å². The van der Waals surface area contributed by atoms with Gasteiger partial charge in [0.15, 0.2) is 0 Å². The Kier molecular flexibility index (Phi) is 3.72. The maximum Gasteiger partial charge on any atom is 0.224 e. The predicted molar refractivity (Wildman–Crippen MR) is 53.2 cm³/mol. The van der Waals surface area contributed by atoms with Gasteiger partial charge in [0.25, 0.3) is 0 Å². The number of amides is 1. The van der Waals surface area contributed by atoms with Crippen molar-refractivity contribution < 1.29 is 4.79 Å². The summed E-state index contributed by atoms with van der Waals surface area (Å²) >= 11 is 0. The molecule has 0 aromatic carbocycles. The molecule has 3 nitrogen and oxygen atoms in total. The van der Waals surface area contributed by atoms with E-state index in [1.165, 1.54) is 0 Å². The molecule has 1 aliphatic heterocycles. The normalized spacial score (nSPS) is 23.2. The summed E-state index contributed by atoms with van der Waals surface area (Å²) in [6, 6.07) is 0.0712. The molecule has 0 aliphatic carbocycles. The summed E-state index contributed by atoms with van der Waals surface area (Å²) in [4.78, 5) is 13.3. The van der Waals surface area contributed by atoms with Crippen LogP contribution in [0.4, 0.5) is 0 Å². The number of hydrogen-bond acceptors (Lipinski definition) is 2. The Bertz CT molecular complexity index is 178. The van der Waals surface area contributed by atoms with Crippen LogP contribution in [0.3, 0.4) is 0 Å². The standard InChI is InChI=1S/C10H20N2O/c1-3-8(4-2)6-12-7-9(11)5-10(12)13/h8-9H,3-7,11H2,1-2H3. The highest BCUT2D eigenvalue weighted by Gasteiger charge is 2.27. The Morgan fingerprint density at radius 3 is 2.54 bits per heavy atom. The molecule has 1 amide bonds. The number of carbonyl (C=O) groups is 1. The quantitative estimate of drug-likeness (QED) is 0.708. The first-order valence-electron chi connectivity index (χ1n) is 5.20. The second-order valence-electron chi connectivity index (χ2n) is 3.95. The molecule has 76 valence electrons. The van der Waals surface area contributed by atoms with Crippen molar-refractivity contribution in [3.05, 3.63) is 0 Å². The van der Waals surface area contributed by atoms with Gasteiger partial charge in [-0.2, -0.15) is 0 Å². The molecule has 1 fully saturated rings. The number of nitrogens with two attached hydrogens (primary N) is 1. The molecule has 1 rings (SSSR count). The Hall–Kier alpha value is -0.570. The van der Waals surface area contributed by atoms with E-state index in [1.54, 1.807) is 0 Å². The van der Waals surface area contributed by atoms with E-state index in [9.17, 15) is 4.79 Å². The number of nitrogens with zero attached hydrogens (tertiary/aromatic N) is 1. The van der Waals surface area contributed by atoms with Crippen molar-refractivity contribution >= 4 is 5.91 Å². The van der Waals surface area contributed by atoms with Crippen molar-refractivity contribution in [1.82, 2.24) is 4.90 Å². The third-order valence-electron chi connectivity index (χ3n) is 2.88. The Morgan fingerprint density at radius 2 is 2.15 bits per heavy atom. The monoisotopic (exact) mass is 184 g/mol. The fourth-order valence-electron chi connectivity index (χ4n) is 1.84. The van der Waals surface area contributed by atoms with Crippen LogP contribution in [0.5, 0.6) is 0 Å². The average molecular weight is 184 g/mol. The van der Waals surface area contributed by atoms with Gasteiger partial charge in [-0.1, -0.05) is 26.7 Å². The van der Waals surface area contributed by atoms with Gasteiger partial charge in [0, 0.05) is 25.6 Å². The lowest BCUT2D eigenvalue weighted by Gasteiger charge is -2.21. The van der Waals surface area contributed by atoms with Gasteiger partial charge in [-0.3, -0.25) is 4.79 Å². The molecule has 3 heteroatoms. The SMILES string of the molecule is CCC(CC)CN1CC(N)CC1=O.